The van der Waals surface area contributed by atoms with E-state index in [1.807, 2.05) is 34.6 Å². The van der Waals surface area contributed by atoms with Crippen molar-refractivity contribution in [2.45, 2.75) is 60.1 Å². The van der Waals surface area contributed by atoms with E-state index in [1.54, 1.807) is 0 Å². The smallest absolute Gasteiger partial charge is 0.272 e. The summed E-state index contributed by atoms with van der Waals surface area (Å²) in [5.41, 5.74) is -0.757. The topological polar surface area (TPSA) is 67.2 Å². The van der Waals surface area contributed by atoms with Gasteiger partial charge in [0.25, 0.3) is 12.3 Å². The van der Waals surface area contributed by atoms with E-state index in [-0.39, 0.29) is 29.2 Å². The van der Waals surface area contributed by atoms with E-state index in [2.05, 4.69) is 10.4 Å². The average molecular weight is 331 g/mol. The Bertz CT molecular complexity index is 522. The van der Waals surface area contributed by atoms with Crippen molar-refractivity contribution in [2.75, 3.05) is 6.61 Å². The van der Waals surface area contributed by atoms with E-state index in [4.69, 9.17) is 0 Å². The second-order valence-corrected chi connectivity index (χ2v) is 7.47. The molecule has 0 aliphatic carbocycles. The maximum Gasteiger partial charge on any atom is 0.272 e. The zero-order chi connectivity index (χ0) is 17.8. The first-order valence-electron chi connectivity index (χ1n) is 7.80. The van der Waals surface area contributed by atoms with Crippen molar-refractivity contribution >= 4 is 5.91 Å². The summed E-state index contributed by atoms with van der Waals surface area (Å²) in [4.78, 5) is 12.3. The van der Waals surface area contributed by atoms with Gasteiger partial charge in [0.1, 0.15) is 0 Å². The van der Waals surface area contributed by atoms with Crippen LogP contribution < -0.4 is 5.32 Å². The zero-order valence-electron chi connectivity index (χ0n) is 14.4. The molecule has 2 N–H and O–H groups in total. The van der Waals surface area contributed by atoms with Crippen molar-refractivity contribution in [3.63, 3.8) is 0 Å². The average Bonchev–Trinajstić information content (AvgIpc) is 2.79. The lowest BCUT2D eigenvalue weighted by Gasteiger charge is -2.25. The molecule has 0 aromatic carbocycles. The number of hydrogen-bond donors (Lipinski definition) is 2. The molecule has 1 amide bonds. The summed E-state index contributed by atoms with van der Waals surface area (Å²) >= 11 is 0. The third-order valence-corrected chi connectivity index (χ3v) is 3.21. The van der Waals surface area contributed by atoms with E-state index < -0.39 is 18.4 Å². The summed E-state index contributed by atoms with van der Waals surface area (Å²) < 4.78 is 27.7. The van der Waals surface area contributed by atoms with Gasteiger partial charge in [0.2, 0.25) is 0 Å². The van der Waals surface area contributed by atoms with Crippen molar-refractivity contribution < 1.29 is 18.7 Å². The van der Waals surface area contributed by atoms with Gasteiger partial charge in [-0.05, 0) is 17.8 Å². The molecule has 0 spiro atoms. The first kappa shape index (κ1) is 19.5. The minimum absolute atomic E-state index is 0.108. The van der Waals surface area contributed by atoms with Crippen LogP contribution in [0.3, 0.4) is 0 Å². The number of hydrogen-bond acceptors (Lipinski definition) is 3. The van der Waals surface area contributed by atoms with Crippen LogP contribution in [0.1, 0.15) is 63.5 Å². The fourth-order valence-electron chi connectivity index (χ4n) is 2.39. The lowest BCUT2D eigenvalue weighted by atomic mass is 9.88. The van der Waals surface area contributed by atoms with Crippen molar-refractivity contribution in [2.24, 2.45) is 11.3 Å². The van der Waals surface area contributed by atoms with E-state index in [0.717, 1.165) is 0 Å². The van der Waals surface area contributed by atoms with E-state index in [0.29, 0.717) is 13.0 Å². The number of carbonyl (C=O) groups excluding carboxylic acids is 1. The molecular weight excluding hydrogens is 304 g/mol. The third-order valence-electron chi connectivity index (χ3n) is 3.21. The fourth-order valence-corrected chi connectivity index (χ4v) is 2.39. The van der Waals surface area contributed by atoms with Crippen LogP contribution in [-0.4, -0.2) is 33.4 Å². The Labute approximate surface area is 136 Å². The number of rotatable bonds is 7. The highest BCUT2D eigenvalue weighted by Crippen LogP contribution is 2.24. The Kier molecular flexibility index (Phi) is 6.68. The maximum atomic E-state index is 13.1. The molecule has 1 heterocycles. The van der Waals surface area contributed by atoms with Gasteiger partial charge in [0.15, 0.2) is 5.69 Å². The Balaban J connectivity index is 2.94. The summed E-state index contributed by atoms with van der Waals surface area (Å²) in [7, 11) is 0. The Morgan fingerprint density at radius 1 is 1.39 bits per heavy atom. The number of aromatic nitrogens is 2. The van der Waals surface area contributed by atoms with Gasteiger partial charge in [0.05, 0.1) is 18.2 Å². The molecule has 0 fully saturated rings. The molecule has 1 unspecified atom stereocenters. The summed E-state index contributed by atoms with van der Waals surface area (Å²) in [5, 5.41) is 16.0. The highest BCUT2D eigenvalue weighted by molar-refractivity contribution is 5.94. The van der Waals surface area contributed by atoms with Crippen molar-refractivity contribution in [1.82, 2.24) is 15.1 Å². The minimum Gasteiger partial charge on any atom is -0.394 e. The number of alkyl halides is 2. The number of halogens is 2. The number of carbonyl (C=O) groups is 1. The normalized spacial score (nSPS) is 13.7. The van der Waals surface area contributed by atoms with Gasteiger partial charge < -0.3 is 10.4 Å². The molecule has 1 aromatic rings. The van der Waals surface area contributed by atoms with Crippen LogP contribution in [0.4, 0.5) is 8.78 Å². The van der Waals surface area contributed by atoms with Gasteiger partial charge in [-0.15, -0.1) is 0 Å². The van der Waals surface area contributed by atoms with Gasteiger partial charge in [-0.3, -0.25) is 9.48 Å². The Morgan fingerprint density at radius 2 is 2.00 bits per heavy atom. The predicted octanol–water partition coefficient (Wildman–Crippen LogP) is 3.00. The number of nitrogens with zero attached hydrogens (tertiary/aromatic N) is 2. The number of aliphatic hydroxyl groups excluding tert-OH is 1. The van der Waals surface area contributed by atoms with Crippen molar-refractivity contribution in [1.29, 1.82) is 0 Å². The van der Waals surface area contributed by atoms with Gasteiger partial charge in [-0.2, -0.15) is 5.10 Å². The molecule has 23 heavy (non-hydrogen) atoms. The van der Waals surface area contributed by atoms with Gasteiger partial charge >= 0.3 is 0 Å². The van der Waals surface area contributed by atoms with Crippen LogP contribution >= 0.6 is 0 Å². The number of nitrogens with one attached hydrogen (secondary N) is 1. The lowest BCUT2D eigenvalue weighted by Crippen LogP contribution is -2.40. The SMILES string of the molecule is CC(C)Cn1cc(C(F)F)c(C(=O)NC(CO)CC(C)(C)C)n1. The molecule has 0 saturated carbocycles. The van der Waals surface area contributed by atoms with Crippen LogP contribution in [0, 0.1) is 11.3 Å². The van der Waals surface area contributed by atoms with Crippen LogP contribution in [0.25, 0.3) is 0 Å². The maximum absolute atomic E-state index is 13.1. The summed E-state index contributed by atoms with van der Waals surface area (Å²) in [6, 6.07) is -0.497. The van der Waals surface area contributed by atoms with Gasteiger partial charge in [-0.25, -0.2) is 8.78 Å². The second-order valence-electron chi connectivity index (χ2n) is 7.47. The van der Waals surface area contributed by atoms with Gasteiger partial charge in [-0.1, -0.05) is 34.6 Å². The Morgan fingerprint density at radius 3 is 2.43 bits per heavy atom. The van der Waals surface area contributed by atoms with Crippen LogP contribution in [0.15, 0.2) is 6.20 Å². The summed E-state index contributed by atoms with van der Waals surface area (Å²) in [6.07, 6.45) is -1.02. The molecule has 1 atom stereocenters. The van der Waals surface area contributed by atoms with E-state index in [1.165, 1.54) is 10.9 Å². The van der Waals surface area contributed by atoms with Crippen LogP contribution in [0.5, 0.6) is 0 Å². The summed E-state index contributed by atoms with van der Waals surface area (Å²) in [6.45, 7) is 10.0. The van der Waals surface area contributed by atoms with Crippen LogP contribution in [0.2, 0.25) is 0 Å². The van der Waals surface area contributed by atoms with Crippen molar-refractivity contribution in [3.05, 3.63) is 17.5 Å². The molecule has 1 rings (SSSR count). The monoisotopic (exact) mass is 331 g/mol. The highest BCUT2D eigenvalue weighted by atomic mass is 19.3. The molecule has 5 nitrogen and oxygen atoms in total. The van der Waals surface area contributed by atoms with Crippen LogP contribution in [-0.2, 0) is 6.54 Å². The van der Waals surface area contributed by atoms with E-state index >= 15 is 0 Å². The number of aliphatic hydroxyl groups is 1. The molecule has 0 saturated heterocycles. The first-order chi connectivity index (χ1) is 10.5. The molecule has 7 heteroatoms. The van der Waals surface area contributed by atoms with E-state index in [9.17, 15) is 18.7 Å². The largest absolute Gasteiger partial charge is 0.394 e. The van der Waals surface area contributed by atoms with Gasteiger partial charge in [0, 0.05) is 12.7 Å². The molecule has 1 aromatic heterocycles. The standard InChI is InChI=1S/C16H27F2N3O2/c1-10(2)7-21-8-12(14(17)18)13(20-21)15(23)19-11(9-22)6-16(3,4)5/h8,10-11,14,22H,6-7,9H2,1-5H3,(H,19,23). The molecule has 132 valence electrons. The lowest BCUT2D eigenvalue weighted by molar-refractivity contribution is 0.0879. The quantitative estimate of drug-likeness (QED) is 0.807. The molecule has 0 bridgehead atoms. The first-order valence-corrected chi connectivity index (χ1v) is 7.80. The molecule has 0 aliphatic rings. The second kappa shape index (κ2) is 7.86. The molecular formula is C16H27F2N3O2. The highest BCUT2D eigenvalue weighted by Gasteiger charge is 2.26. The van der Waals surface area contributed by atoms with Crippen molar-refractivity contribution in [3.8, 4) is 0 Å². The summed E-state index contributed by atoms with van der Waals surface area (Å²) in [5.74, 6) is -0.450. The minimum atomic E-state index is -2.77. The molecule has 0 radical (unpaired) electrons. The Hall–Kier alpha value is -1.50. The fraction of sp³-hybridized carbons (Fsp3) is 0.750. The third kappa shape index (κ3) is 6.25. The number of amides is 1. The molecule has 0 aliphatic heterocycles. The zero-order valence-corrected chi connectivity index (χ0v) is 14.4. The predicted molar refractivity (Wildman–Crippen MR) is 84.4 cm³/mol.